The quantitative estimate of drug-likeness (QED) is 0.398. The average molecular weight is 462 g/mol. The van der Waals surface area contributed by atoms with Gasteiger partial charge in [0.1, 0.15) is 13.2 Å². The van der Waals surface area contributed by atoms with Crippen molar-refractivity contribution in [3.05, 3.63) is 78.4 Å². The Morgan fingerprint density at radius 2 is 1.79 bits per heavy atom. The molecule has 1 N–H and O–H groups in total. The van der Waals surface area contributed by atoms with E-state index < -0.39 is 12.1 Å². The number of rotatable bonds is 9. The number of hydrogen-bond donors (Lipinski definition) is 1. The van der Waals surface area contributed by atoms with E-state index in [1.807, 2.05) is 79.7 Å². The van der Waals surface area contributed by atoms with Crippen LogP contribution in [0.3, 0.4) is 0 Å². The van der Waals surface area contributed by atoms with Crippen LogP contribution in [0.25, 0.3) is 10.8 Å². The average Bonchev–Trinajstić information content (AvgIpc) is 3.28. The summed E-state index contributed by atoms with van der Waals surface area (Å²) in [6, 6.07) is 22.7. The van der Waals surface area contributed by atoms with Crippen LogP contribution in [0.4, 0.5) is 4.79 Å². The molecule has 0 radical (unpaired) electrons. The standard InChI is InChI=1S/C24H23N5O3S/c1-2-20(25-24(31)32-16-17-9-4-3-5-10-17)21(30)15-29-27-23(26-28-29)33-22-14-8-12-18-11-6-7-13-19(18)22/h3-14,20H,2,15-16H2,1H3,(H,25,31). The molecule has 0 fully saturated rings. The topological polar surface area (TPSA) is 99.0 Å². The van der Waals surface area contributed by atoms with Gasteiger partial charge in [-0.3, -0.25) is 4.79 Å². The fraction of sp³-hybridized carbons (Fsp3) is 0.208. The van der Waals surface area contributed by atoms with E-state index in [0.29, 0.717) is 11.6 Å². The number of nitrogens with one attached hydrogen (secondary N) is 1. The Labute approximate surface area is 195 Å². The van der Waals surface area contributed by atoms with Crippen molar-refractivity contribution in [3.63, 3.8) is 0 Å². The van der Waals surface area contributed by atoms with Gasteiger partial charge in [0.2, 0.25) is 5.16 Å². The number of carbonyl (C=O) groups excluding carboxylic acids is 2. The van der Waals surface area contributed by atoms with Crippen LogP contribution < -0.4 is 5.32 Å². The number of benzene rings is 3. The SMILES string of the molecule is CCC(NC(=O)OCc1ccccc1)C(=O)Cn1nnc(Sc2cccc3ccccc23)n1. The molecule has 33 heavy (non-hydrogen) atoms. The Morgan fingerprint density at radius 3 is 2.61 bits per heavy atom. The first kappa shape index (κ1) is 22.5. The van der Waals surface area contributed by atoms with E-state index in [9.17, 15) is 9.59 Å². The highest BCUT2D eigenvalue weighted by Gasteiger charge is 2.21. The van der Waals surface area contributed by atoms with Crippen LogP contribution in [0.1, 0.15) is 18.9 Å². The Hall–Kier alpha value is -3.72. The summed E-state index contributed by atoms with van der Waals surface area (Å²) in [6.07, 6.45) is -0.219. The molecule has 8 nitrogen and oxygen atoms in total. The van der Waals surface area contributed by atoms with Gasteiger partial charge >= 0.3 is 6.09 Å². The second kappa shape index (κ2) is 10.7. The summed E-state index contributed by atoms with van der Waals surface area (Å²) in [7, 11) is 0. The molecule has 1 heterocycles. The number of alkyl carbamates (subject to hydrolysis) is 1. The van der Waals surface area contributed by atoms with E-state index in [-0.39, 0.29) is 18.9 Å². The van der Waals surface area contributed by atoms with Crippen molar-refractivity contribution in [3.8, 4) is 0 Å². The molecule has 4 rings (SSSR count). The van der Waals surface area contributed by atoms with Gasteiger partial charge in [-0.15, -0.1) is 10.2 Å². The van der Waals surface area contributed by atoms with E-state index in [0.717, 1.165) is 21.2 Å². The summed E-state index contributed by atoms with van der Waals surface area (Å²) in [5.41, 5.74) is 0.870. The van der Waals surface area contributed by atoms with Crippen LogP contribution in [0.15, 0.2) is 82.8 Å². The van der Waals surface area contributed by atoms with Crippen LogP contribution in [0, 0.1) is 0 Å². The highest BCUT2D eigenvalue weighted by atomic mass is 32.2. The summed E-state index contributed by atoms with van der Waals surface area (Å²) in [4.78, 5) is 27.1. The lowest BCUT2D eigenvalue weighted by Crippen LogP contribution is -2.42. The first-order chi connectivity index (χ1) is 16.1. The van der Waals surface area contributed by atoms with Gasteiger partial charge in [-0.05, 0) is 45.8 Å². The predicted octanol–water partition coefficient (Wildman–Crippen LogP) is 4.25. The monoisotopic (exact) mass is 461 g/mol. The number of ether oxygens (including phenoxy) is 1. The summed E-state index contributed by atoms with van der Waals surface area (Å²) < 4.78 is 5.21. The van der Waals surface area contributed by atoms with Crippen LogP contribution in [-0.4, -0.2) is 38.1 Å². The summed E-state index contributed by atoms with van der Waals surface area (Å²) in [5, 5.41) is 17.7. The number of carbonyl (C=O) groups is 2. The molecule has 1 unspecified atom stereocenters. The third kappa shape index (κ3) is 5.95. The van der Waals surface area contributed by atoms with Crippen molar-refractivity contribution < 1.29 is 14.3 Å². The second-order valence-electron chi connectivity index (χ2n) is 7.31. The zero-order valence-electron chi connectivity index (χ0n) is 18.0. The molecule has 0 saturated heterocycles. The molecule has 168 valence electrons. The van der Waals surface area contributed by atoms with Crippen molar-refractivity contribution >= 4 is 34.4 Å². The number of ketones is 1. The largest absolute Gasteiger partial charge is 0.445 e. The molecule has 0 aliphatic rings. The Balaban J connectivity index is 1.33. The van der Waals surface area contributed by atoms with Crippen LogP contribution in [0.5, 0.6) is 0 Å². The van der Waals surface area contributed by atoms with E-state index >= 15 is 0 Å². The van der Waals surface area contributed by atoms with Crippen LogP contribution in [0.2, 0.25) is 0 Å². The summed E-state index contributed by atoms with van der Waals surface area (Å²) in [5.74, 6) is -0.228. The van der Waals surface area contributed by atoms with Crippen LogP contribution >= 0.6 is 11.8 Å². The summed E-state index contributed by atoms with van der Waals surface area (Å²) >= 11 is 1.39. The molecule has 1 aromatic heterocycles. The minimum absolute atomic E-state index is 0.0967. The second-order valence-corrected chi connectivity index (χ2v) is 8.32. The lowest BCUT2D eigenvalue weighted by atomic mass is 10.1. The molecular weight excluding hydrogens is 438 g/mol. The van der Waals surface area contributed by atoms with Gasteiger partial charge in [0, 0.05) is 4.90 Å². The van der Waals surface area contributed by atoms with Crippen molar-refractivity contribution in [2.75, 3.05) is 0 Å². The van der Waals surface area contributed by atoms with Crippen molar-refractivity contribution in [2.45, 2.75) is 42.6 Å². The third-order valence-corrected chi connectivity index (χ3v) is 5.91. The zero-order valence-corrected chi connectivity index (χ0v) is 18.9. The van der Waals surface area contributed by atoms with Gasteiger partial charge in [-0.2, -0.15) is 4.80 Å². The number of fused-ring (bicyclic) bond motifs is 1. The Morgan fingerprint density at radius 1 is 1.03 bits per heavy atom. The van der Waals surface area contributed by atoms with E-state index in [1.54, 1.807) is 0 Å². The number of tetrazole rings is 1. The fourth-order valence-electron chi connectivity index (χ4n) is 3.29. The third-order valence-electron chi connectivity index (χ3n) is 4.98. The fourth-order valence-corrected chi connectivity index (χ4v) is 4.14. The van der Waals surface area contributed by atoms with Crippen molar-refractivity contribution in [1.82, 2.24) is 25.5 Å². The minimum Gasteiger partial charge on any atom is -0.445 e. The molecule has 0 saturated carbocycles. The number of nitrogens with zero attached hydrogens (tertiary/aromatic N) is 4. The Bertz CT molecular complexity index is 1240. The molecule has 3 aromatic carbocycles. The molecule has 0 aliphatic carbocycles. The lowest BCUT2D eigenvalue weighted by molar-refractivity contribution is -0.122. The van der Waals surface area contributed by atoms with Gasteiger partial charge < -0.3 is 10.1 Å². The summed E-state index contributed by atoms with van der Waals surface area (Å²) in [6.45, 7) is 1.86. The number of Topliss-reactive ketones (excluding diaryl/α,β-unsaturated/α-hetero) is 1. The van der Waals surface area contributed by atoms with Crippen molar-refractivity contribution in [2.24, 2.45) is 0 Å². The first-order valence-corrected chi connectivity index (χ1v) is 11.4. The van der Waals surface area contributed by atoms with Gasteiger partial charge in [0.25, 0.3) is 0 Å². The number of amides is 1. The van der Waals surface area contributed by atoms with Crippen LogP contribution in [-0.2, 0) is 22.7 Å². The molecule has 9 heteroatoms. The first-order valence-electron chi connectivity index (χ1n) is 10.6. The molecule has 4 aromatic rings. The lowest BCUT2D eigenvalue weighted by Gasteiger charge is -2.15. The zero-order chi connectivity index (χ0) is 23.0. The van der Waals surface area contributed by atoms with E-state index in [4.69, 9.17) is 4.74 Å². The molecular formula is C24H23N5O3S. The number of hydrogen-bond acceptors (Lipinski definition) is 7. The predicted molar refractivity (Wildman–Crippen MR) is 125 cm³/mol. The molecule has 0 aliphatic heterocycles. The van der Waals surface area contributed by atoms with Gasteiger partial charge in [0.15, 0.2) is 5.78 Å². The highest BCUT2D eigenvalue weighted by molar-refractivity contribution is 7.99. The van der Waals surface area contributed by atoms with Crippen molar-refractivity contribution in [1.29, 1.82) is 0 Å². The van der Waals surface area contributed by atoms with Gasteiger partial charge in [0.05, 0.1) is 6.04 Å². The molecule has 0 bridgehead atoms. The normalized spacial score (nSPS) is 11.8. The Kier molecular flexibility index (Phi) is 7.31. The maximum absolute atomic E-state index is 12.7. The maximum Gasteiger partial charge on any atom is 0.408 e. The smallest absolute Gasteiger partial charge is 0.408 e. The van der Waals surface area contributed by atoms with E-state index in [1.165, 1.54) is 16.6 Å². The van der Waals surface area contributed by atoms with Gasteiger partial charge in [-0.1, -0.05) is 73.7 Å². The molecule has 0 spiro atoms. The maximum atomic E-state index is 12.7. The number of aromatic nitrogens is 4. The van der Waals surface area contributed by atoms with Gasteiger partial charge in [-0.25, -0.2) is 4.79 Å². The molecule has 1 amide bonds. The minimum atomic E-state index is -0.701. The van der Waals surface area contributed by atoms with E-state index in [2.05, 4.69) is 20.7 Å². The highest BCUT2D eigenvalue weighted by Crippen LogP contribution is 2.31. The molecule has 1 atom stereocenters.